The molecule has 1 atom stereocenters. The van der Waals surface area contributed by atoms with Crippen LogP contribution in [0.1, 0.15) is 31.4 Å². The highest BCUT2D eigenvalue weighted by molar-refractivity contribution is 14.0. The normalized spacial score (nSPS) is 16.6. The van der Waals surface area contributed by atoms with E-state index in [9.17, 15) is 14.3 Å². The Bertz CT molecular complexity index is 590. The summed E-state index contributed by atoms with van der Waals surface area (Å²) in [5.41, 5.74) is 0.630. The second-order valence-corrected chi connectivity index (χ2v) is 6.05. The van der Waals surface area contributed by atoms with Crippen LogP contribution in [0.3, 0.4) is 0 Å². The van der Waals surface area contributed by atoms with E-state index in [-0.39, 0.29) is 48.2 Å². The molecule has 2 rings (SSSR count). The lowest BCUT2D eigenvalue weighted by Gasteiger charge is -2.33. The number of nitrogens with zero attached hydrogens (tertiary/aromatic N) is 2. The quantitative estimate of drug-likeness (QED) is 0.294. The minimum Gasteiger partial charge on any atom is -0.469 e. The van der Waals surface area contributed by atoms with E-state index in [4.69, 9.17) is 4.74 Å². The molecule has 0 bridgehead atoms. The zero-order chi connectivity index (χ0) is 18.2. The van der Waals surface area contributed by atoms with Crippen LogP contribution in [0.4, 0.5) is 4.39 Å². The number of likely N-dealkylation sites (tertiary alicyclic amines) is 1. The van der Waals surface area contributed by atoms with Crippen molar-refractivity contribution in [1.29, 1.82) is 0 Å². The SMILES string of the molecule is CCNC(=NCC(O)c1ccc(F)cc1)N1CCC(C(=O)OC)CC1.I. The number of aliphatic hydroxyl groups is 1. The Morgan fingerprint density at radius 1 is 1.38 bits per heavy atom. The maximum atomic E-state index is 13.0. The molecule has 8 heteroatoms. The number of piperidine rings is 1. The minimum absolute atomic E-state index is 0. The van der Waals surface area contributed by atoms with Crippen LogP contribution in [0.25, 0.3) is 0 Å². The molecular weight excluding hydrogens is 452 g/mol. The van der Waals surface area contributed by atoms with Crippen molar-refractivity contribution in [2.75, 3.05) is 33.3 Å². The Hall–Kier alpha value is -1.42. The predicted octanol–water partition coefficient (Wildman–Crippen LogP) is 2.33. The molecule has 0 spiro atoms. The van der Waals surface area contributed by atoms with Gasteiger partial charge in [0.25, 0.3) is 0 Å². The molecule has 0 amide bonds. The Kier molecular flexibility index (Phi) is 9.85. The van der Waals surface area contributed by atoms with Gasteiger partial charge in [-0.2, -0.15) is 0 Å². The first-order valence-electron chi connectivity index (χ1n) is 8.59. The van der Waals surface area contributed by atoms with Crippen LogP contribution in [0.5, 0.6) is 0 Å². The summed E-state index contributed by atoms with van der Waals surface area (Å²) in [7, 11) is 1.41. The monoisotopic (exact) mass is 479 g/mol. The van der Waals surface area contributed by atoms with Crippen molar-refractivity contribution in [2.24, 2.45) is 10.9 Å². The van der Waals surface area contributed by atoms with Crippen LogP contribution in [0, 0.1) is 11.7 Å². The maximum absolute atomic E-state index is 13.0. The Balaban J connectivity index is 0.00000338. The average Bonchev–Trinajstić information content (AvgIpc) is 2.65. The molecule has 6 nitrogen and oxygen atoms in total. The van der Waals surface area contributed by atoms with Gasteiger partial charge in [-0.15, -0.1) is 24.0 Å². The van der Waals surface area contributed by atoms with Gasteiger partial charge in [-0.25, -0.2) is 4.39 Å². The summed E-state index contributed by atoms with van der Waals surface area (Å²) < 4.78 is 17.8. The Morgan fingerprint density at radius 2 is 2.00 bits per heavy atom. The summed E-state index contributed by atoms with van der Waals surface area (Å²) in [6.45, 7) is 4.29. The summed E-state index contributed by atoms with van der Waals surface area (Å²) in [6, 6.07) is 5.77. The molecule has 1 aliphatic heterocycles. The molecule has 1 aromatic carbocycles. The van der Waals surface area contributed by atoms with Crippen molar-refractivity contribution >= 4 is 35.9 Å². The maximum Gasteiger partial charge on any atom is 0.308 e. The van der Waals surface area contributed by atoms with E-state index in [1.54, 1.807) is 12.1 Å². The molecule has 2 N–H and O–H groups in total. The first kappa shape index (κ1) is 22.6. The fourth-order valence-electron chi connectivity index (χ4n) is 2.88. The lowest BCUT2D eigenvalue weighted by molar-refractivity contribution is -0.146. The van der Waals surface area contributed by atoms with Gasteiger partial charge in [0.2, 0.25) is 0 Å². The first-order valence-corrected chi connectivity index (χ1v) is 8.59. The van der Waals surface area contributed by atoms with Crippen molar-refractivity contribution in [2.45, 2.75) is 25.9 Å². The summed E-state index contributed by atoms with van der Waals surface area (Å²) in [6.07, 6.45) is 0.650. The second-order valence-electron chi connectivity index (χ2n) is 6.05. The van der Waals surface area contributed by atoms with Crippen molar-refractivity contribution in [3.8, 4) is 0 Å². The average molecular weight is 479 g/mol. The molecule has 0 aliphatic carbocycles. The standard InChI is InChI=1S/C18H26FN3O3.HI/c1-3-20-18(22-10-8-14(9-11-22)17(24)25-2)21-12-16(23)13-4-6-15(19)7-5-13;/h4-7,14,16,23H,3,8-12H2,1-2H3,(H,20,21);1H. The lowest BCUT2D eigenvalue weighted by Crippen LogP contribution is -2.46. The molecule has 0 aromatic heterocycles. The van der Waals surface area contributed by atoms with Gasteiger partial charge in [-0.1, -0.05) is 12.1 Å². The van der Waals surface area contributed by atoms with E-state index in [1.165, 1.54) is 19.2 Å². The highest BCUT2D eigenvalue weighted by atomic mass is 127. The number of rotatable bonds is 5. The molecule has 0 saturated carbocycles. The number of ether oxygens (including phenoxy) is 1. The molecule has 146 valence electrons. The fraction of sp³-hybridized carbons (Fsp3) is 0.556. The van der Waals surface area contributed by atoms with Crippen LogP contribution in [0.15, 0.2) is 29.3 Å². The zero-order valence-electron chi connectivity index (χ0n) is 15.2. The van der Waals surface area contributed by atoms with Crippen LogP contribution in [-0.2, 0) is 9.53 Å². The molecule has 1 unspecified atom stereocenters. The van der Waals surface area contributed by atoms with E-state index in [0.717, 1.165) is 12.8 Å². The van der Waals surface area contributed by atoms with Gasteiger partial charge >= 0.3 is 5.97 Å². The van der Waals surface area contributed by atoms with E-state index in [2.05, 4.69) is 15.2 Å². The third-order valence-electron chi connectivity index (χ3n) is 4.33. The van der Waals surface area contributed by atoms with Gasteiger partial charge < -0.3 is 20.1 Å². The van der Waals surface area contributed by atoms with Crippen LogP contribution >= 0.6 is 24.0 Å². The number of benzene rings is 1. The summed E-state index contributed by atoms with van der Waals surface area (Å²) >= 11 is 0. The van der Waals surface area contributed by atoms with Gasteiger partial charge in [0, 0.05) is 19.6 Å². The van der Waals surface area contributed by atoms with Crippen molar-refractivity contribution in [3.05, 3.63) is 35.6 Å². The molecule has 26 heavy (non-hydrogen) atoms. The largest absolute Gasteiger partial charge is 0.469 e. The highest BCUT2D eigenvalue weighted by Gasteiger charge is 2.27. The topological polar surface area (TPSA) is 74.2 Å². The van der Waals surface area contributed by atoms with Gasteiger partial charge in [-0.3, -0.25) is 9.79 Å². The number of nitrogens with one attached hydrogen (secondary N) is 1. The van der Waals surface area contributed by atoms with Crippen molar-refractivity contribution < 1.29 is 19.0 Å². The highest BCUT2D eigenvalue weighted by Crippen LogP contribution is 2.19. The molecular formula is C18H27FIN3O3. The molecule has 1 aliphatic rings. The Morgan fingerprint density at radius 3 is 2.54 bits per heavy atom. The summed E-state index contributed by atoms with van der Waals surface area (Å²) in [5, 5.41) is 13.5. The molecule has 1 saturated heterocycles. The number of hydrogen-bond acceptors (Lipinski definition) is 4. The molecule has 1 fully saturated rings. The van der Waals surface area contributed by atoms with E-state index >= 15 is 0 Å². The number of hydrogen-bond donors (Lipinski definition) is 2. The number of methoxy groups -OCH3 is 1. The predicted molar refractivity (Wildman–Crippen MR) is 109 cm³/mol. The molecule has 1 aromatic rings. The lowest BCUT2D eigenvalue weighted by atomic mass is 9.97. The number of guanidine groups is 1. The summed E-state index contributed by atoms with van der Waals surface area (Å²) in [5.74, 6) is 0.162. The number of carbonyl (C=O) groups is 1. The van der Waals surface area contributed by atoms with Gasteiger partial charge in [0.1, 0.15) is 5.82 Å². The van der Waals surface area contributed by atoms with Crippen LogP contribution < -0.4 is 5.32 Å². The first-order chi connectivity index (χ1) is 12.0. The number of aliphatic imine (C=N–C) groups is 1. The Labute approximate surface area is 170 Å². The number of halogens is 2. The number of carbonyl (C=O) groups excluding carboxylic acids is 1. The zero-order valence-corrected chi connectivity index (χ0v) is 17.5. The third-order valence-corrected chi connectivity index (χ3v) is 4.33. The van der Waals surface area contributed by atoms with Crippen molar-refractivity contribution in [1.82, 2.24) is 10.2 Å². The van der Waals surface area contributed by atoms with Gasteiger partial charge in [0.05, 0.1) is 25.7 Å². The van der Waals surface area contributed by atoms with E-state index < -0.39 is 6.10 Å². The third kappa shape index (κ3) is 6.39. The van der Waals surface area contributed by atoms with Crippen molar-refractivity contribution in [3.63, 3.8) is 0 Å². The fourth-order valence-corrected chi connectivity index (χ4v) is 2.88. The smallest absolute Gasteiger partial charge is 0.308 e. The van der Waals surface area contributed by atoms with Gasteiger partial charge in [-0.05, 0) is 37.5 Å². The van der Waals surface area contributed by atoms with Gasteiger partial charge in [0.15, 0.2) is 5.96 Å². The van der Waals surface area contributed by atoms with E-state index in [0.29, 0.717) is 31.2 Å². The molecule has 1 heterocycles. The van der Waals surface area contributed by atoms with E-state index in [1.807, 2.05) is 6.92 Å². The van der Waals surface area contributed by atoms with Crippen LogP contribution in [-0.4, -0.2) is 55.2 Å². The number of aliphatic hydroxyl groups excluding tert-OH is 1. The number of esters is 1. The molecule has 0 radical (unpaired) electrons. The summed E-state index contributed by atoms with van der Waals surface area (Å²) in [4.78, 5) is 18.2. The second kappa shape index (κ2) is 11.3. The van der Waals surface area contributed by atoms with Crippen LogP contribution in [0.2, 0.25) is 0 Å². The minimum atomic E-state index is -0.790.